The monoisotopic (exact) mass is 331 g/mol. The third-order valence-corrected chi connectivity index (χ3v) is 6.45. The molecule has 2 aliphatic rings. The van der Waals surface area contributed by atoms with Gasteiger partial charge < -0.3 is 9.72 Å². The molecule has 0 unspecified atom stereocenters. The maximum absolute atomic E-state index is 6.60. The molecule has 3 aromatic rings. The molecule has 2 nitrogen and oxygen atoms in total. The molecule has 1 aliphatic heterocycles. The van der Waals surface area contributed by atoms with Crippen LogP contribution in [0.15, 0.2) is 42.5 Å². The number of aromatic amines is 1. The zero-order valence-electron chi connectivity index (χ0n) is 15.3. The van der Waals surface area contributed by atoms with Crippen molar-refractivity contribution in [3.8, 4) is 5.75 Å². The van der Waals surface area contributed by atoms with Crippen LogP contribution in [-0.2, 0) is 0 Å². The molecule has 5 rings (SSSR count). The molecular weight excluding hydrogens is 306 g/mol. The topological polar surface area (TPSA) is 25.0 Å². The molecule has 2 heteroatoms. The van der Waals surface area contributed by atoms with Crippen molar-refractivity contribution in [2.45, 2.75) is 51.6 Å². The summed E-state index contributed by atoms with van der Waals surface area (Å²) in [6.45, 7) is 11.0. The molecule has 0 saturated heterocycles. The Bertz CT molecular complexity index is 1030. The SMILES string of the molecule is C=C(C)[C@H]1CC[C@]2(C)C[C@H]1c1c(c(C)cc3c1[nH]c1ccccc13)O2. The molecule has 1 N–H and O–H groups in total. The molecule has 3 atom stereocenters. The molecule has 128 valence electrons. The fourth-order valence-corrected chi connectivity index (χ4v) is 5.23. The lowest BCUT2D eigenvalue weighted by atomic mass is 9.65. The van der Waals surface area contributed by atoms with E-state index in [1.165, 1.54) is 44.9 Å². The molecule has 0 spiro atoms. The van der Waals surface area contributed by atoms with Crippen LogP contribution >= 0.6 is 0 Å². The number of fused-ring (bicyclic) bond motifs is 8. The molecule has 1 aliphatic carbocycles. The number of nitrogens with one attached hydrogen (secondary N) is 1. The highest BCUT2D eigenvalue weighted by Crippen LogP contribution is 2.56. The average Bonchev–Trinajstić information content (AvgIpc) is 2.93. The Kier molecular flexibility index (Phi) is 2.96. The zero-order chi connectivity index (χ0) is 17.3. The van der Waals surface area contributed by atoms with Gasteiger partial charge in [-0.1, -0.05) is 30.4 Å². The van der Waals surface area contributed by atoms with E-state index >= 15 is 0 Å². The van der Waals surface area contributed by atoms with Crippen molar-refractivity contribution in [1.29, 1.82) is 0 Å². The van der Waals surface area contributed by atoms with E-state index in [9.17, 15) is 0 Å². The average molecular weight is 331 g/mol. The van der Waals surface area contributed by atoms with Crippen LogP contribution in [0.2, 0.25) is 0 Å². The zero-order valence-corrected chi connectivity index (χ0v) is 15.3. The molecule has 1 saturated carbocycles. The van der Waals surface area contributed by atoms with E-state index < -0.39 is 0 Å². The molecule has 0 radical (unpaired) electrons. The van der Waals surface area contributed by atoms with Gasteiger partial charge >= 0.3 is 0 Å². The van der Waals surface area contributed by atoms with Gasteiger partial charge in [0.05, 0.1) is 5.52 Å². The summed E-state index contributed by atoms with van der Waals surface area (Å²) in [4.78, 5) is 3.70. The van der Waals surface area contributed by atoms with E-state index in [1.807, 2.05) is 0 Å². The molecule has 2 heterocycles. The number of aromatic nitrogens is 1. The fourth-order valence-electron chi connectivity index (χ4n) is 5.23. The molecule has 2 bridgehead atoms. The minimum atomic E-state index is -0.0337. The second-order valence-corrected chi connectivity index (χ2v) is 8.38. The minimum Gasteiger partial charge on any atom is -0.487 e. The van der Waals surface area contributed by atoms with E-state index in [2.05, 4.69) is 62.7 Å². The van der Waals surface area contributed by atoms with Gasteiger partial charge in [-0.05, 0) is 69.6 Å². The van der Waals surface area contributed by atoms with E-state index in [-0.39, 0.29) is 5.60 Å². The van der Waals surface area contributed by atoms with Crippen LogP contribution in [0.1, 0.15) is 50.2 Å². The van der Waals surface area contributed by atoms with Gasteiger partial charge in [-0.3, -0.25) is 0 Å². The van der Waals surface area contributed by atoms with Gasteiger partial charge in [-0.2, -0.15) is 0 Å². The van der Waals surface area contributed by atoms with Gasteiger partial charge in [0.25, 0.3) is 0 Å². The number of ether oxygens (including phenoxy) is 1. The number of rotatable bonds is 1. The standard InChI is InChI=1S/C23H25NO/c1-13(2)15-9-10-23(4)12-18(15)20-21-17(11-14(3)22(20)25-23)16-7-5-6-8-19(16)24-21/h5-8,11,15,18,24H,1,9-10,12H2,2-4H3/t15-,18-,23-/m1/s1. The van der Waals surface area contributed by atoms with Gasteiger partial charge in [0, 0.05) is 21.9 Å². The Labute approximate surface area is 148 Å². The largest absolute Gasteiger partial charge is 0.487 e. The normalized spacial score (nSPS) is 28.0. The van der Waals surface area contributed by atoms with Gasteiger partial charge in [0.15, 0.2) is 0 Å². The third kappa shape index (κ3) is 2.03. The van der Waals surface area contributed by atoms with Crippen LogP contribution in [0.4, 0.5) is 0 Å². The summed E-state index contributed by atoms with van der Waals surface area (Å²) in [6.07, 6.45) is 3.38. The first kappa shape index (κ1) is 15.1. The number of allylic oxidation sites excluding steroid dienone is 1. The first-order valence-corrected chi connectivity index (χ1v) is 9.35. The van der Waals surface area contributed by atoms with Gasteiger partial charge in [-0.15, -0.1) is 0 Å². The summed E-state index contributed by atoms with van der Waals surface area (Å²) in [5, 5.41) is 2.63. The van der Waals surface area contributed by atoms with Gasteiger partial charge in [0.2, 0.25) is 0 Å². The predicted octanol–water partition coefficient (Wildman–Crippen LogP) is 6.24. The number of hydrogen-bond acceptors (Lipinski definition) is 1. The maximum atomic E-state index is 6.60. The minimum absolute atomic E-state index is 0.0337. The smallest absolute Gasteiger partial charge is 0.128 e. The van der Waals surface area contributed by atoms with Crippen molar-refractivity contribution in [3.05, 3.63) is 53.6 Å². The van der Waals surface area contributed by atoms with Crippen molar-refractivity contribution in [1.82, 2.24) is 4.98 Å². The Hall–Kier alpha value is -2.22. The summed E-state index contributed by atoms with van der Waals surface area (Å²) in [5.41, 5.74) is 6.39. The molecule has 2 aromatic carbocycles. The molecule has 0 amide bonds. The second-order valence-electron chi connectivity index (χ2n) is 8.38. The Morgan fingerprint density at radius 3 is 2.88 bits per heavy atom. The number of aryl methyl sites for hydroxylation is 1. The number of benzene rings is 2. The Balaban J connectivity index is 1.87. The van der Waals surface area contributed by atoms with Crippen molar-refractivity contribution in [2.75, 3.05) is 0 Å². The highest BCUT2D eigenvalue weighted by atomic mass is 16.5. The fraction of sp³-hybridized carbons (Fsp3) is 0.391. The predicted molar refractivity (Wildman–Crippen MR) is 104 cm³/mol. The van der Waals surface area contributed by atoms with Crippen LogP contribution in [-0.4, -0.2) is 10.6 Å². The van der Waals surface area contributed by atoms with Crippen LogP contribution in [0.25, 0.3) is 21.8 Å². The van der Waals surface area contributed by atoms with Crippen molar-refractivity contribution in [3.63, 3.8) is 0 Å². The molecule has 1 fully saturated rings. The first-order chi connectivity index (χ1) is 12.0. The molecule has 25 heavy (non-hydrogen) atoms. The number of para-hydroxylation sites is 1. The lowest BCUT2D eigenvalue weighted by molar-refractivity contribution is 0.00731. The molecular formula is C23H25NO. The van der Waals surface area contributed by atoms with Gasteiger partial charge in [0.1, 0.15) is 11.4 Å². The van der Waals surface area contributed by atoms with E-state index in [0.29, 0.717) is 11.8 Å². The Morgan fingerprint density at radius 1 is 1.28 bits per heavy atom. The van der Waals surface area contributed by atoms with Crippen LogP contribution in [0.5, 0.6) is 5.75 Å². The number of hydrogen-bond donors (Lipinski definition) is 1. The van der Waals surface area contributed by atoms with Crippen LogP contribution < -0.4 is 4.74 Å². The van der Waals surface area contributed by atoms with Gasteiger partial charge in [-0.25, -0.2) is 0 Å². The summed E-state index contributed by atoms with van der Waals surface area (Å²) >= 11 is 0. The third-order valence-electron chi connectivity index (χ3n) is 6.45. The Morgan fingerprint density at radius 2 is 2.08 bits per heavy atom. The summed E-state index contributed by atoms with van der Waals surface area (Å²) in [7, 11) is 0. The maximum Gasteiger partial charge on any atom is 0.128 e. The molecule has 1 aromatic heterocycles. The van der Waals surface area contributed by atoms with E-state index in [1.54, 1.807) is 0 Å². The lowest BCUT2D eigenvalue weighted by Crippen LogP contribution is -2.44. The van der Waals surface area contributed by atoms with Crippen molar-refractivity contribution >= 4 is 21.8 Å². The second kappa shape index (κ2) is 4.91. The van der Waals surface area contributed by atoms with Crippen LogP contribution in [0.3, 0.4) is 0 Å². The summed E-state index contributed by atoms with van der Waals surface area (Å²) in [5.74, 6) is 2.16. The first-order valence-electron chi connectivity index (χ1n) is 9.35. The highest BCUT2D eigenvalue weighted by molar-refractivity contribution is 6.09. The number of H-pyrrole nitrogens is 1. The highest BCUT2D eigenvalue weighted by Gasteiger charge is 2.46. The van der Waals surface area contributed by atoms with Crippen molar-refractivity contribution < 1.29 is 4.74 Å². The lowest BCUT2D eigenvalue weighted by Gasteiger charge is -2.48. The van der Waals surface area contributed by atoms with Crippen LogP contribution in [0, 0.1) is 12.8 Å². The van der Waals surface area contributed by atoms with E-state index in [4.69, 9.17) is 4.74 Å². The van der Waals surface area contributed by atoms with E-state index in [0.717, 1.165) is 18.6 Å². The quantitative estimate of drug-likeness (QED) is 0.524. The summed E-state index contributed by atoms with van der Waals surface area (Å²) in [6, 6.07) is 10.9. The van der Waals surface area contributed by atoms with Crippen molar-refractivity contribution in [2.24, 2.45) is 5.92 Å². The summed E-state index contributed by atoms with van der Waals surface area (Å²) < 4.78 is 6.60.